The van der Waals surface area contributed by atoms with Gasteiger partial charge in [-0.1, -0.05) is 24.3 Å². The van der Waals surface area contributed by atoms with Gasteiger partial charge in [0, 0.05) is 25.2 Å². The Morgan fingerprint density at radius 3 is 2.76 bits per heavy atom. The molecule has 25 heavy (non-hydrogen) atoms. The standard InChI is InChI=1S/C17H21N7.HI/c1-3-18-17(21-11-16-22-12-23-24(16)2)20-10-15-14-7-5-4-6-13(14)8-9-19-15;/h4-9,12H,3,10-11H2,1-2H3,(H2,18,20,21);1H. The van der Waals surface area contributed by atoms with Crippen LogP contribution >= 0.6 is 24.0 Å². The molecule has 2 heterocycles. The molecule has 0 amide bonds. The van der Waals surface area contributed by atoms with Crippen molar-refractivity contribution in [1.29, 1.82) is 0 Å². The monoisotopic (exact) mass is 451 g/mol. The van der Waals surface area contributed by atoms with E-state index in [0.29, 0.717) is 13.1 Å². The van der Waals surface area contributed by atoms with Gasteiger partial charge in [-0.25, -0.2) is 9.98 Å². The number of halogens is 1. The number of hydrogen-bond acceptors (Lipinski definition) is 4. The zero-order chi connectivity index (χ0) is 16.8. The smallest absolute Gasteiger partial charge is 0.192 e. The third-order valence-corrected chi connectivity index (χ3v) is 3.71. The van der Waals surface area contributed by atoms with Crippen LogP contribution < -0.4 is 10.6 Å². The Kier molecular flexibility index (Phi) is 7.11. The average molecular weight is 451 g/mol. The minimum Gasteiger partial charge on any atom is -0.357 e. The van der Waals surface area contributed by atoms with E-state index in [2.05, 4.69) is 42.8 Å². The van der Waals surface area contributed by atoms with E-state index in [1.807, 2.05) is 38.4 Å². The molecule has 3 rings (SSSR count). The van der Waals surface area contributed by atoms with Gasteiger partial charge >= 0.3 is 0 Å². The first-order valence-electron chi connectivity index (χ1n) is 7.95. The highest BCUT2D eigenvalue weighted by molar-refractivity contribution is 14.0. The number of fused-ring (bicyclic) bond motifs is 1. The summed E-state index contributed by atoms with van der Waals surface area (Å²) in [5.41, 5.74) is 0.962. The molecule has 0 atom stereocenters. The first-order chi connectivity index (χ1) is 11.8. The number of aryl methyl sites for hydroxylation is 1. The Balaban J connectivity index is 0.00000225. The van der Waals surface area contributed by atoms with Gasteiger partial charge in [0.1, 0.15) is 12.2 Å². The van der Waals surface area contributed by atoms with E-state index in [1.165, 1.54) is 5.39 Å². The second-order valence-electron chi connectivity index (χ2n) is 5.33. The maximum absolute atomic E-state index is 4.64. The van der Waals surface area contributed by atoms with Crippen LogP contribution in [0.4, 0.5) is 0 Å². The van der Waals surface area contributed by atoms with Gasteiger partial charge in [0.25, 0.3) is 0 Å². The van der Waals surface area contributed by atoms with E-state index in [0.717, 1.165) is 29.4 Å². The number of nitrogens with zero attached hydrogens (tertiary/aromatic N) is 5. The molecule has 7 nitrogen and oxygen atoms in total. The molecule has 8 heteroatoms. The lowest BCUT2D eigenvalue weighted by Crippen LogP contribution is -2.37. The molecule has 0 aliphatic carbocycles. The SMILES string of the molecule is CCNC(=NCc1nccc2ccccc12)NCc1ncnn1C.I. The van der Waals surface area contributed by atoms with E-state index in [1.54, 1.807) is 11.0 Å². The van der Waals surface area contributed by atoms with Crippen LogP contribution in [-0.4, -0.2) is 32.3 Å². The predicted octanol–water partition coefficient (Wildman–Crippen LogP) is 2.24. The normalized spacial score (nSPS) is 11.2. The fourth-order valence-electron chi connectivity index (χ4n) is 2.45. The van der Waals surface area contributed by atoms with Crippen LogP contribution in [0.1, 0.15) is 18.4 Å². The Morgan fingerprint density at radius 1 is 1.16 bits per heavy atom. The van der Waals surface area contributed by atoms with Gasteiger partial charge in [0.05, 0.1) is 18.8 Å². The molecule has 0 aliphatic rings. The van der Waals surface area contributed by atoms with Crippen molar-refractivity contribution in [2.75, 3.05) is 6.54 Å². The molecule has 0 bridgehead atoms. The fraction of sp³-hybridized carbons (Fsp3) is 0.294. The van der Waals surface area contributed by atoms with Crippen molar-refractivity contribution < 1.29 is 0 Å². The first-order valence-corrected chi connectivity index (χ1v) is 7.95. The summed E-state index contributed by atoms with van der Waals surface area (Å²) in [6.07, 6.45) is 3.37. The molecule has 0 aliphatic heterocycles. The maximum atomic E-state index is 4.64. The largest absolute Gasteiger partial charge is 0.357 e. The quantitative estimate of drug-likeness (QED) is 0.354. The summed E-state index contributed by atoms with van der Waals surface area (Å²) >= 11 is 0. The Morgan fingerprint density at radius 2 is 2.00 bits per heavy atom. The second-order valence-corrected chi connectivity index (χ2v) is 5.33. The van der Waals surface area contributed by atoms with E-state index in [9.17, 15) is 0 Å². The fourth-order valence-corrected chi connectivity index (χ4v) is 2.45. The number of benzene rings is 1. The lowest BCUT2D eigenvalue weighted by Gasteiger charge is -2.11. The Labute approximate surface area is 164 Å². The zero-order valence-corrected chi connectivity index (χ0v) is 16.6. The molecule has 2 aromatic heterocycles. The van der Waals surface area contributed by atoms with Crippen LogP contribution in [0.25, 0.3) is 10.8 Å². The van der Waals surface area contributed by atoms with Crippen molar-refractivity contribution in [2.24, 2.45) is 12.0 Å². The van der Waals surface area contributed by atoms with Crippen molar-refractivity contribution in [2.45, 2.75) is 20.0 Å². The van der Waals surface area contributed by atoms with E-state index < -0.39 is 0 Å². The molecular weight excluding hydrogens is 429 g/mol. The molecule has 0 fully saturated rings. The van der Waals surface area contributed by atoms with Crippen molar-refractivity contribution >= 4 is 40.7 Å². The van der Waals surface area contributed by atoms with Gasteiger partial charge in [-0.15, -0.1) is 24.0 Å². The molecule has 0 radical (unpaired) electrons. The Hall–Kier alpha value is -2.23. The van der Waals surface area contributed by atoms with Crippen molar-refractivity contribution in [3.63, 3.8) is 0 Å². The first kappa shape index (κ1) is 19.1. The zero-order valence-electron chi connectivity index (χ0n) is 14.3. The Bertz CT molecular complexity index is 838. The third-order valence-electron chi connectivity index (χ3n) is 3.71. The minimum absolute atomic E-state index is 0. The van der Waals surface area contributed by atoms with Gasteiger partial charge in [0.15, 0.2) is 5.96 Å². The number of rotatable bonds is 5. The van der Waals surface area contributed by atoms with Gasteiger partial charge in [-0.2, -0.15) is 5.10 Å². The van der Waals surface area contributed by atoms with Crippen LogP contribution in [0.2, 0.25) is 0 Å². The summed E-state index contributed by atoms with van der Waals surface area (Å²) in [5, 5.41) is 12.9. The van der Waals surface area contributed by atoms with E-state index in [-0.39, 0.29) is 24.0 Å². The molecule has 2 N–H and O–H groups in total. The second kappa shape index (κ2) is 9.30. The molecular formula is C17H22IN7. The van der Waals surface area contributed by atoms with Crippen molar-refractivity contribution in [3.05, 3.63) is 54.4 Å². The minimum atomic E-state index is 0. The molecule has 0 saturated heterocycles. The molecule has 0 spiro atoms. The predicted molar refractivity (Wildman–Crippen MR) is 110 cm³/mol. The van der Waals surface area contributed by atoms with Crippen LogP contribution in [0.5, 0.6) is 0 Å². The highest BCUT2D eigenvalue weighted by Crippen LogP contribution is 2.16. The third kappa shape index (κ3) is 4.88. The number of aliphatic imine (C=N–C) groups is 1. The van der Waals surface area contributed by atoms with Crippen LogP contribution in [0, 0.1) is 0 Å². The summed E-state index contributed by atoms with van der Waals surface area (Å²) in [4.78, 5) is 13.3. The van der Waals surface area contributed by atoms with E-state index >= 15 is 0 Å². The summed E-state index contributed by atoms with van der Waals surface area (Å²) in [6, 6.07) is 10.2. The lowest BCUT2D eigenvalue weighted by molar-refractivity contribution is 0.673. The highest BCUT2D eigenvalue weighted by atomic mass is 127. The summed E-state index contributed by atoms with van der Waals surface area (Å²) in [7, 11) is 1.87. The summed E-state index contributed by atoms with van der Waals surface area (Å²) < 4.78 is 1.74. The maximum Gasteiger partial charge on any atom is 0.192 e. The average Bonchev–Trinajstić information content (AvgIpc) is 3.02. The number of aromatic nitrogens is 4. The van der Waals surface area contributed by atoms with Crippen LogP contribution in [-0.2, 0) is 20.1 Å². The summed E-state index contributed by atoms with van der Waals surface area (Å²) in [5.74, 6) is 1.58. The number of hydrogen-bond donors (Lipinski definition) is 2. The van der Waals surface area contributed by atoms with Gasteiger partial charge < -0.3 is 10.6 Å². The molecule has 3 aromatic rings. The van der Waals surface area contributed by atoms with Gasteiger partial charge in [-0.3, -0.25) is 9.67 Å². The molecule has 1 aromatic carbocycles. The number of nitrogens with one attached hydrogen (secondary N) is 2. The number of pyridine rings is 1. The van der Waals surface area contributed by atoms with Gasteiger partial charge in [-0.05, 0) is 18.4 Å². The van der Waals surface area contributed by atoms with Crippen molar-refractivity contribution in [1.82, 2.24) is 30.4 Å². The highest BCUT2D eigenvalue weighted by Gasteiger charge is 2.04. The number of guanidine groups is 1. The van der Waals surface area contributed by atoms with Crippen LogP contribution in [0.15, 0.2) is 47.8 Å². The molecule has 0 saturated carbocycles. The van der Waals surface area contributed by atoms with Crippen LogP contribution in [0.3, 0.4) is 0 Å². The van der Waals surface area contributed by atoms with Gasteiger partial charge in [0.2, 0.25) is 0 Å². The topological polar surface area (TPSA) is 80.0 Å². The lowest BCUT2D eigenvalue weighted by atomic mass is 10.1. The summed E-state index contributed by atoms with van der Waals surface area (Å²) in [6.45, 7) is 3.89. The molecule has 132 valence electrons. The van der Waals surface area contributed by atoms with Crippen molar-refractivity contribution in [3.8, 4) is 0 Å². The molecule has 0 unspecified atom stereocenters. The van der Waals surface area contributed by atoms with E-state index in [4.69, 9.17) is 0 Å².